The van der Waals surface area contributed by atoms with Crippen LogP contribution < -0.4 is 15.4 Å². The van der Waals surface area contributed by atoms with Gasteiger partial charge in [-0.1, -0.05) is 79.7 Å². The van der Waals surface area contributed by atoms with Gasteiger partial charge in [0.25, 0.3) is 0 Å². The minimum absolute atomic E-state index is 0.00809. The summed E-state index contributed by atoms with van der Waals surface area (Å²) in [6, 6.07) is 32.9. The lowest BCUT2D eigenvalue weighted by molar-refractivity contribution is -0.134. The minimum atomic E-state index is -0.378. The SMILES string of the molecule is C[C@@H]1CN([C@@H](C)CO)C(=O)Cc2cc(NC(=O)Nc3ccccc3)ccc2O[C@@H]1CN(C)Cc1ccc(-c2ccccc2)cc1. The maximum Gasteiger partial charge on any atom is 0.323 e. The number of likely N-dealkylation sites (N-methyl/N-ethyl adjacent to an activating group) is 1. The first kappa shape index (κ1) is 31.8. The van der Waals surface area contributed by atoms with E-state index in [0.717, 1.165) is 6.54 Å². The first-order chi connectivity index (χ1) is 21.8. The summed E-state index contributed by atoms with van der Waals surface area (Å²) >= 11 is 0. The van der Waals surface area contributed by atoms with Gasteiger partial charge in [-0.05, 0) is 61.0 Å². The molecule has 0 saturated heterocycles. The Hall–Kier alpha value is -4.66. The van der Waals surface area contributed by atoms with Crippen molar-refractivity contribution in [3.05, 3.63) is 114 Å². The zero-order valence-electron chi connectivity index (χ0n) is 26.1. The van der Waals surface area contributed by atoms with E-state index in [1.165, 1.54) is 16.7 Å². The predicted octanol–water partition coefficient (Wildman–Crippen LogP) is 6.28. The fourth-order valence-electron chi connectivity index (χ4n) is 5.66. The van der Waals surface area contributed by atoms with E-state index >= 15 is 0 Å². The van der Waals surface area contributed by atoms with Crippen LogP contribution in [0, 0.1) is 5.92 Å². The van der Waals surface area contributed by atoms with Crippen molar-refractivity contribution in [1.29, 1.82) is 0 Å². The van der Waals surface area contributed by atoms with Crippen LogP contribution in [0.15, 0.2) is 103 Å². The van der Waals surface area contributed by atoms with Gasteiger partial charge in [-0.15, -0.1) is 0 Å². The van der Waals surface area contributed by atoms with Crippen LogP contribution in [-0.4, -0.2) is 65.7 Å². The van der Waals surface area contributed by atoms with Crippen LogP contribution in [0.4, 0.5) is 16.2 Å². The molecule has 3 amide bonds. The number of hydrogen-bond acceptors (Lipinski definition) is 5. The first-order valence-corrected chi connectivity index (χ1v) is 15.4. The van der Waals surface area contributed by atoms with Crippen LogP contribution in [0.5, 0.6) is 5.75 Å². The van der Waals surface area contributed by atoms with Crippen LogP contribution in [0.1, 0.15) is 25.0 Å². The summed E-state index contributed by atoms with van der Waals surface area (Å²) < 4.78 is 6.67. The van der Waals surface area contributed by atoms with Gasteiger partial charge in [-0.3, -0.25) is 9.69 Å². The quantitative estimate of drug-likeness (QED) is 0.209. The van der Waals surface area contributed by atoms with Crippen molar-refractivity contribution in [1.82, 2.24) is 9.80 Å². The number of anilines is 2. The molecule has 45 heavy (non-hydrogen) atoms. The molecule has 1 aliphatic heterocycles. The molecule has 4 aromatic rings. The third-order valence-electron chi connectivity index (χ3n) is 8.21. The lowest BCUT2D eigenvalue weighted by Gasteiger charge is -2.34. The zero-order valence-corrected chi connectivity index (χ0v) is 26.1. The van der Waals surface area contributed by atoms with Gasteiger partial charge in [-0.2, -0.15) is 0 Å². The fraction of sp³-hybridized carbons (Fsp3) is 0.297. The third kappa shape index (κ3) is 8.50. The molecule has 0 aromatic heterocycles. The average Bonchev–Trinajstić information content (AvgIpc) is 3.09. The van der Waals surface area contributed by atoms with Crippen molar-refractivity contribution >= 4 is 23.3 Å². The van der Waals surface area contributed by atoms with E-state index in [4.69, 9.17) is 4.74 Å². The molecule has 0 aliphatic carbocycles. The summed E-state index contributed by atoms with van der Waals surface area (Å²) in [5.41, 5.74) is 5.49. The van der Waals surface area contributed by atoms with Gasteiger partial charge < -0.3 is 25.4 Å². The number of para-hydroxylation sites is 1. The molecule has 1 aliphatic rings. The van der Waals surface area contributed by atoms with Crippen LogP contribution in [0.25, 0.3) is 11.1 Å². The first-order valence-electron chi connectivity index (χ1n) is 15.4. The van der Waals surface area contributed by atoms with E-state index < -0.39 is 0 Å². The second-order valence-corrected chi connectivity index (χ2v) is 11.9. The van der Waals surface area contributed by atoms with Gasteiger partial charge in [0.2, 0.25) is 5.91 Å². The Morgan fingerprint density at radius 2 is 1.58 bits per heavy atom. The van der Waals surface area contributed by atoms with Crippen LogP contribution >= 0.6 is 0 Å². The maximum absolute atomic E-state index is 13.6. The van der Waals surface area contributed by atoms with Crippen molar-refractivity contribution in [2.24, 2.45) is 5.92 Å². The number of aliphatic hydroxyl groups excluding tert-OH is 1. The van der Waals surface area contributed by atoms with Gasteiger partial charge in [-0.25, -0.2) is 4.79 Å². The summed E-state index contributed by atoms with van der Waals surface area (Å²) in [5, 5.41) is 15.6. The van der Waals surface area contributed by atoms with E-state index in [2.05, 4.69) is 65.9 Å². The molecular formula is C37H42N4O4. The summed E-state index contributed by atoms with van der Waals surface area (Å²) in [4.78, 5) is 30.2. The average molecular weight is 607 g/mol. The summed E-state index contributed by atoms with van der Waals surface area (Å²) in [7, 11) is 2.08. The zero-order chi connectivity index (χ0) is 31.8. The minimum Gasteiger partial charge on any atom is -0.488 e. The second kappa shape index (κ2) is 14.9. The number of hydrogen-bond donors (Lipinski definition) is 3. The van der Waals surface area contributed by atoms with Gasteiger partial charge in [0.05, 0.1) is 19.1 Å². The monoisotopic (exact) mass is 606 g/mol. The Balaban J connectivity index is 1.33. The number of amides is 3. The number of carbonyl (C=O) groups excluding carboxylic acids is 2. The van der Waals surface area contributed by atoms with E-state index in [-0.39, 0.29) is 43.0 Å². The second-order valence-electron chi connectivity index (χ2n) is 11.9. The summed E-state index contributed by atoms with van der Waals surface area (Å²) in [6.45, 7) is 5.66. The summed E-state index contributed by atoms with van der Waals surface area (Å²) in [5.74, 6) is 0.520. The van der Waals surface area contributed by atoms with E-state index in [1.54, 1.807) is 17.0 Å². The Labute approximate surface area is 265 Å². The molecule has 3 N–H and O–H groups in total. The Morgan fingerprint density at radius 3 is 2.27 bits per heavy atom. The molecule has 0 unspecified atom stereocenters. The number of benzene rings is 4. The van der Waals surface area contributed by atoms with Crippen molar-refractivity contribution in [2.45, 2.75) is 39.0 Å². The molecular weight excluding hydrogens is 564 g/mol. The molecule has 0 bridgehead atoms. The molecule has 1 heterocycles. The van der Waals surface area contributed by atoms with Crippen molar-refractivity contribution < 1.29 is 19.4 Å². The predicted molar refractivity (Wildman–Crippen MR) is 179 cm³/mol. The highest BCUT2D eigenvalue weighted by Gasteiger charge is 2.31. The van der Waals surface area contributed by atoms with Crippen molar-refractivity contribution in [3.63, 3.8) is 0 Å². The van der Waals surface area contributed by atoms with Gasteiger partial charge in [0, 0.05) is 42.5 Å². The molecule has 0 saturated carbocycles. The Kier molecular flexibility index (Phi) is 10.5. The van der Waals surface area contributed by atoms with Gasteiger partial charge in [0.15, 0.2) is 0 Å². The third-order valence-corrected chi connectivity index (χ3v) is 8.21. The van der Waals surface area contributed by atoms with E-state index in [0.29, 0.717) is 35.8 Å². The number of nitrogens with zero attached hydrogens (tertiary/aromatic N) is 2. The molecule has 8 nitrogen and oxygen atoms in total. The number of aliphatic hydroxyl groups is 1. The van der Waals surface area contributed by atoms with Gasteiger partial charge >= 0.3 is 6.03 Å². The standard InChI is InChI=1S/C37H42N4O4/c1-26-22-41(27(2)25-42)36(43)21-31-20-33(39-37(44)38-32-12-8-5-9-13-32)18-19-34(31)45-35(26)24-40(3)23-28-14-16-30(17-15-28)29-10-6-4-7-11-29/h4-20,26-27,35,42H,21-25H2,1-3H3,(H2,38,39,44)/t26-,27+,35-/m1/s1. The maximum atomic E-state index is 13.6. The number of nitrogens with one attached hydrogen (secondary N) is 2. The number of carbonyl (C=O) groups is 2. The number of rotatable bonds is 9. The molecule has 0 radical (unpaired) electrons. The highest BCUT2D eigenvalue weighted by atomic mass is 16.5. The van der Waals surface area contributed by atoms with Crippen molar-refractivity contribution in [2.75, 3.05) is 37.4 Å². The molecule has 3 atom stereocenters. The molecule has 0 spiro atoms. The van der Waals surface area contributed by atoms with Crippen LogP contribution in [0.2, 0.25) is 0 Å². The molecule has 5 rings (SSSR count). The highest BCUT2D eigenvalue weighted by molar-refractivity contribution is 6.00. The topological polar surface area (TPSA) is 94.1 Å². The number of fused-ring (bicyclic) bond motifs is 1. The van der Waals surface area contributed by atoms with Crippen molar-refractivity contribution in [3.8, 4) is 16.9 Å². The smallest absolute Gasteiger partial charge is 0.323 e. The van der Waals surface area contributed by atoms with Crippen LogP contribution in [-0.2, 0) is 17.8 Å². The molecule has 8 heteroatoms. The molecule has 234 valence electrons. The number of urea groups is 1. The number of ether oxygens (including phenoxy) is 1. The van der Waals surface area contributed by atoms with E-state index in [9.17, 15) is 14.7 Å². The van der Waals surface area contributed by atoms with Crippen LogP contribution in [0.3, 0.4) is 0 Å². The fourth-order valence-corrected chi connectivity index (χ4v) is 5.66. The summed E-state index contributed by atoms with van der Waals surface area (Å²) in [6.07, 6.45) is -0.129. The molecule has 4 aromatic carbocycles. The largest absolute Gasteiger partial charge is 0.488 e. The lowest BCUT2D eigenvalue weighted by atomic mass is 10.0. The Morgan fingerprint density at radius 1 is 0.933 bits per heavy atom. The van der Waals surface area contributed by atoms with Gasteiger partial charge in [0.1, 0.15) is 11.9 Å². The highest BCUT2D eigenvalue weighted by Crippen LogP contribution is 2.30. The Bertz CT molecular complexity index is 1560. The van der Waals surface area contributed by atoms with E-state index in [1.807, 2.05) is 61.5 Å². The normalized spacial score (nSPS) is 17.4. The lowest BCUT2D eigenvalue weighted by Crippen LogP contribution is -2.47. The molecule has 0 fully saturated rings.